The summed E-state index contributed by atoms with van der Waals surface area (Å²) in [5.41, 5.74) is 18.2. The molecule has 0 saturated heterocycles. The number of carbonyl (C=O) groups excluding carboxylic acids is 3. The van der Waals surface area contributed by atoms with Gasteiger partial charge < -0.3 is 30.5 Å². The van der Waals surface area contributed by atoms with E-state index in [4.69, 9.17) is 15.3 Å². The number of nitrogen functional groups attached to an aromatic ring is 1. The van der Waals surface area contributed by atoms with Gasteiger partial charge in [0.1, 0.15) is 11.3 Å². The van der Waals surface area contributed by atoms with Crippen LogP contribution in [0.1, 0.15) is 21.5 Å². The van der Waals surface area contributed by atoms with E-state index in [0.717, 1.165) is 56.6 Å². The van der Waals surface area contributed by atoms with Gasteiger partial charge in [-0.15, -0.1) is 0 Å². The number of aryl methyl sites for hydroxylation is 2. The van der Waals surface area contributed by atoms with Gasteiger partial charge >= 0.3 is 6.15 Å². The van der Waals surface area contributed by atoms with Crippen LogP contribution in [0.15, 0.2) is 152 Å². The van der Waals surface area contributed by atoms with Gasteiger partial charge in [0.15, 0.2) is 0 Å². The zero-order chi connectivity index (χ0) is 39.2. The zero-order valence-electron chi connectivity index (χ0n) is 31.0. The SMILES string of the molecule is CNc1ccc(C(=O)Nc2ccc(-c3cn4cc(C)ccc4n3)cc2)cc1.CNc1ccccc1.Cc1ccc2nc(-c3ccc(N)cc3)cn2c1.O=C=O. The van der Waals surface area contributed by atoms with Crippen molar-refractivity contribution in [3.8, 4) is 22.5 Å². The van der Waals surface area contributed by atoms with Gasteiger partial charge in [-0.1, -0.05) is 54.6 Å². The third-order valence-electron chi connectivity index (χ3n) is 8.34. The number of anilines is 4. The lowest BCUT2D eigenvalue weighted by molar-refractivity contribution is -0.191. The number of benzene rings is 4. The number of nitrogens with one attached hydrogen (secondary N) is 3. The smallest absolute Gasteiger partial charge is 0.373 e. The van der Waals surface area contributed by atoms with Crippen LogP contribution < -0.4 is 21.7 Å². The Kier molecular flexibility index (Phi) is 13.3. The minimum Gasteiger partial charge on any atom is -0.399 e. The first-order chi connectivity index (χ1) is 26.7. The molecule has 4 heterocycles. The number of pyridine rings is 2. The topological polar surface area (TPSA) is 148 Å². The first-order valence-electron chi connectivity index (χ1n) is 17.4. The van der Waals surface area contributed by atoms with Gasteiger partial charge in [-0.25, -0.2) is 9.97 Å². The second-order valence-corrected chi connectivity index (χ2v) is 12.4. The zero-order valence-corrected chi connectivity index (χ0v) is 31.0. The summed E-state index contributed by atoms with van der Waals surface area (Å²) in [5, 5.41) is 8.99. The summed E-state index contributed by atoms with van der Waals surface area (Å²) in [6.07, 6.45) is 8.43. The Morgan fingerprint density at radius 1 is 0.564 bits per heavy atom. The maximum Gasteiger partial charge on any atom is 0.373 e. The van der Waals surface area contributed by atoms with Crippen LogP contribution in [-0.4, -0.2) is 44.9 Å². The molecule has 0 bridgehead atoms. The first kappa shape index (κ1) is 38.7. The van der Waals surface area contributed by atoms with E-state index in [2.05, 4.69) is 58.2 Å². The number of imidazole rings is 2. The van der Waals surface area contributed by atoms with Crippen molar-refractivity contribution in [2.24, 2.45) is 0 Å². The normalized spacial score (nSPS) is 10.0. The number of hydrogen-bond donors (Lipinski definition) is 4. The van der Waals surface area contributed by atoms with E-state index in [0.29, 0.717) is 5.56 Å². The third-order valence-corrected chi connectivity index (χ3v) is 8.34. The Bertz CT molecular complexity index is 2480. The molecular weight excluding hydrogens is 689 g/mol. The summed E-state index contributed by atoms with van der Waals surface area (Å²) < 4.78 is 4.07. The molecule has 4 aromatic heterocycles. The molecular formula is C44H42N8O3. The summed E-state index contributed by atoms with van der Waals surface area (Å²) in [5.74, 6) is -0.131. The molecule has 5 N–H and O–H groups in total. The predicted molar refractivity (Wildman–Crippen MR) is 220 cm³/mol. The molecule has 0 saturated carbocycles. The van der Waals surface area contributed by atoms with Gasteiger partial charge in [-0.05, 0) is 97.8 Å². The third kappa shape index (κ3) is 10.8. The molecule has 55 heavy (non-hydrogen) atoms. The van der Waals surface area contributed by atoms with Crippen molar-refractivity contribution in [2.45, 2.75) is 13.8 Å². The standard InChI is InChI=1S/C22H20N4O.C14H13N3.C7H9N.CO2/c1-15-3-12-21-25-20(14-26(21)13-15)16-4-10-19(11-5-16)24-22(27)17-6-8-18(23-2)9-7-17;1-10-2-7-14-16-13(9-17(14)8-10)11-3-5-12(15)6-4-11;1-8-7-5-3-2-4-6-7;2-1-3/h3-14,23H,1-2H3,(H,24,27);2-9H,15H2,1H3;2-6,8H,1H3;. The van der Waals surface area contributed by atoms with Crippen molar-refractivity contribution in [1.29, 1.82) is 0 Å². The van der Waals surface area contributed by atoms with Crippen LogP contribution in [0.2, 0.25) is 0 Å². The highest BCUT2D eigenvalue weighted by molar-refractivity contribution is 6.04. The van der Waals surface area contributed by atoms with Crippen LogP contribution >= 0.6 is 0 Å². The van der Waals surface area contributed by atoms with Crippen molar-refractivity contribution >= 4 is 46.1 Å². The number of hydrogen-bond acceptors (Lipinski definition) is 8. The Balaban J connectivity index is 0.000000175. The highest BCUT2D eigenvalue weighted by Gasteiger charge is 2.08. The number of carbonyl (C=O) groups is 1. The molecule has 0 atom stereocenters. The van der Waals surface area contributed by atoms with Gasteiger partial charge in [0, 0.05) is 78.3 Å². The number of fused-ring (bicyclic) bond motifs is 2. The average Bonchev–Trinajstić information content (AvgIpc) is 3.83. The average molecular weight is 731 g/mol. The van der Waals surface area contributed by atoms with Crippen LogP contribution in [-0.2, 0) is 9.59 Å². The Labute approximate surface area is 319 Å². The summed E-state index contributed by atoms with van der Waals surface area (Å²) in [4.78, 5) is 37.8. The summed E-state index contributed by atoms with van der Waals surface area (Å²) in [7, 11) is 3.76. The van der Waals surface area contributed by atoms with E-state index >= 15 is 0 Å². The number of nitrogens with two attached hydrogens (primary N) is 1. The Morgan fingerprint density at radius 2 is 1.00 bits per heavy atom. The van der Waals surface area contributed by atoms with Gasteiger partial charge in [0.05, 0.1) is 11.4 Å². The number of nitrogens with zero attached hydrogens (tertiary/aromatic N) is 4. The molecule has 0 spiro atoms. The molecule has 11 nitrogen and oxygen atoms in total. The molecule has 11 heteroatoms. The van der Waals surface area contributed by atoms with E-state index < -0.39 is 0 Å². The van der Waals surface area contributed by atoms with Crippen LogP contribution in [0.5, 0.6) is 0 Å². The number of aromatic nitrogens is 4. The first-order valence-corrected chi connectivity index (χ1v) is 17.4. The molecule has 0 fully saturated rings. The van der Waals surface area contributed by atoms with E-state index in [-0.39, 0.29) is 12.1 Å². The summed E-state index contributed by atoms with van der Waals surface area (Å²) in [6, 6.07) is 41.1. The quantitative estimate of drug-likeness (QED) is 0.124. The molecule has 8 rings (SSSR count). The van der Waals surface area contributed by atoms with Gasteiger partial charge in [-0.2, -0.15) is 9.59 Å². The summed E-state index contributed by atoms with van der Waals surface area (Å²) in [6.45, 7) is 4.13. The number of amides is 1. The molecule has 1 amide bonds. The largest absolute Gasteiger partial charge is 0.399 e. The predicted octanol–water partition coefficient (Wildman–Crippen LogP) is 8.64. The van der Waals surface area contributed by atoms with E-state index in [1.807, 2.05) is 144 Å². The van der Waals surface area contributed by atoms with Crippen molar-refractivity contribution < 1.29 is 14.4 Å². The second-order valence-electron chi connectivity index (χ2n) is 12.4. The lowest BCUT2D eigenvalue weighted by Gasteiger charge is -2.07. The minimum atomic E-state index is -0.131. The fourth-order valence-electron chi connectivity index (χ4n) is 5.46. The van der Waals surface area contributed by atoms with Crippen molar-refractivity contribution in [3.05, 3.63) is 169 Å². The van der Waals surface area contributed by atoms with Crippen LogP contribution in [0, 0.1) is 13.8 Å². The molecule has 0 radical (unpaired) electrons. The summed E-state index contributed by atoms with van der Waals surface area (Å²) >= 11 is 0. The molecule has 0 aliphatic carbocycles. The Morgan fingerprint density at radius 3 is 1.45 bits per heavy atom. The number of rotatable bonds is 6. The number of para-hydroxylation sites is 1. The fraction of sp³-hybridized carbons (Fsp3) is 0.0909. The maximum absolute atomic E-state index is 12.4. The van der Waals surface area contributed by atoms with Crippen molar-refractivity contribution in [2.75, 3.05) is 35.8 Å². The van der Waals surface area contributed by atoms with Gasteiger partial charge in [-0.3, -0.25) is 4.79 Å². The van der Waals surface area contributed by atoms with Crippen LogP contribution in [0.4, 0.5) is 22.7 Å². The van der Waals surface area contributed by atoms with E-state index in [1.165, 1.54) is 11.1 Å². The van der Waals surface area contributed by atoms with Gasteiger partial charge in [0.25, 0.3) is 5.91 Å². The van der Waals surface area contributed by atoms with Gasteiger partial charge in [0.2, 0.25) is 0 Å². The van der Waals surface area contributed by atoms with Crippen molar-refractivity contribution in [3.63, 3.8) is 0 Å². The fourth-order valence-corrected chi connectivity index (χ4v) is 5.46. The highest BCUT2D eigenvalue weighted by Crippen LogP contribution is 2.23. The van der Waals surface area contributed by atoms with E-state index in [9.17, 15) is 4.79 Å². The lowest BCUT2D eigenvalue weighted by Crippen LogP contribution is -2.11. The molecule has 0 aliphatic heterocycles. The minimum absolute atomic E-state index is 0.131. The van der Waals surface area contributed by atoms with E-state index in [1.54, 1.807) is 12.1 Å². The second kappa shape index (κ2) is 18.8. The molecule has 4 aromatic carbocycles. The molecule has 276 valence electrons. The lowest BCUT2D eigenvalue weighted by atomic mass is 10.1. The van der Waals surface area contributed by atoms with Crippen LogP contribution in [0.3, 0.4) is 0 Å². The molecule has 0 aliphatic rings. The van der Waals surface area contributed by atoms with Crippen molar-refractivity contribution in [1.82, 2.24) is 18.8 Å². The monoisotopic (exact) mass is 730 g/mol. The maximum atomic E-state index is 12.4. The molecule has 8 aromatic rings. The highest BCUT2D eigenvalue weighted by atomic mass is 16.2. The molecule has 0 unspecified atom stereocenters. The van der Waals surface area contributed by atoms with Crippen LogP contribution in [0.25, 0.3) is 33.8 Å². The Hall–Kier alpha value is -7.49.